The summed E-state index contributed by atoms with van der Waals surface area (Å²) < 4.78 is 30.5. The predicted octanol–water partition coefficient (Wildman–Crippen LogP) is 2.87. The van der Waals surface area contributed by atoms with Crippen LogP contribution in [0.25, 0.3) is 6.08 Å². The highest BCUT2D eigenvalue weighted by molar-refractivity contribution is 8.18. The van der Waals surface area contributed by atoms with E-state index in [0.29, 0.717) is 23.1 Å². The van der Waals surface area contributed by atoms with Gasteiger partial charge in [-0.15, -0.1) is 0 Å². The van der Waals surface area contributed by atoms with E-state index < -0.39 is 21.2 Å². The lowest BCUT2D eigenvalue weighted by atomic mass is 10.1. The number of benzene rings is 1. The summed E-state index contributed by atoms with van der Waals surface area (Å²) in [7, 11) is -3.54. The number of hydrogen-bond donors (Lipinski definition) is 0. The van der Waals surface area contributed by atoms with Gasteiger partial charge < -0.3 is 4.42 Å². The number of Topliss-reactive ketones (excluding diaryl/α,β-unsaturated/α-hetero) is 1. The molecule has 1 fully saturated rings. The van der Waals surface area contributed by atoms with Gasteiger partial charge in [0.1, 0.15) is 11.5 Å². The number of hydrogen-bond acceptors (Lipinski definition) is 8. The Kier molecular flexibility index (Phi) is 7.29. The molecule has 1 aromatic heterocycles. The van der Waals surface area contributed by atoms with Gasteiger partial charge in [-0.1, -0.05) is 30.3 Å². The monoisotopic (exact) mass is 473 g/mol. The van der Waals surface area contributed by atoms with Crippen LogP contribution < -0.4 is 0 Å². The van der Waals surface area contributed by atoms with Crippen molar-refractivity contribution >= 4 is 44.8 Å². The number of ketones is 1. The fraction of sp³-hybridized carbons (Fsp3) is 0.238. The maximum Gasteiger partial charge on any atom is 0.293 e. The Hall–Kier alpha value is -3.20. The fourth-order valence-corrected chi connectivity index (χ4v) is 4.50. The molecule has 0 N–H and O–H groups in total. The smallest absolute Gasteiger partial charge is 0.293 e. The van der Waals surface area contributed by atoms with Crippen LogP contribution >= 0.6 is 11.8 Å². The summed E-state index contributed by atoms with van der Waals surface area (Å²) in [5.41, 5.74) is 0.401. The highest BCUT2D eigenvalue weighted by Crippen LogP contribution is 2.32. The first kappa shape index (κ1) is 23.5. The Morgan fingerprint density at radius 3 is 2.59 bits per heavy atom. The average molecular weight is 474 g/mol. The Morgan fingerprint density at radius 1 is 1.22 bits per heavy atom. The molecule has 2 amide bonds. The van der Waals surface area contributed by atoms with Crippen LogP contribution in [0.4, 0.5) is 4.79 Å². The van der Waals surface area contributed by atoms with Gasteiger partial charge >= 0.3 is 0 Å². The van der Waals surface area contributed by atoms with Gasteiger partial charge in [0.25, 0.3) is 11.1 Å². The van der Waals surface area contributed by atoms with Crippen LogP contribution in [0.5, 0.6) is 0 Å². The molecule has 1 aromatic carbocycles. The minimum Gasteiger partial charge on any atom is -0.460 e. The molecule has 0 aliphatic carbocycles. The fourth-order valence-electron chi connectivity index (χ4n) is 2.89. The van der Waals surface area contributed by atoms with E-state index >= 15 is 0 Å². The number of carbonyl (C=O) groups excluding carboxylic acids is 3. The summed E-state index contributed by atoms with van der Waals surface area (Å²) in [5.74, 6) is -0.381. The van der Waals surface area contributed by atoms with Crippen molar-refractivity contribution in [2.45, 2.75) is 13.0 Å². The lowest BCUT2D eigenvalue weighted by Gasteiger charge is -2.16. The first-order valence-corrected chi connectivity index (χ1v) is 12.1. The number of nitrogens with zero attached hydrogens (tertiary/aromatic N) is 3. The third kappa shape index (κ3) is 5.73. The first-order valence-electron chi connectivity index (χ1n) is 9.43. The van der Waals surface area contributed by atoms with E-state index in [0.717, 1.165) is 15.5 Å². The maximum absolute atomic E-state index is 12.6. The van der Waals surface area contributed by atoms with Crippen molar-refractivity contribution in [3.05, 3.63) is 64.5 Å². The molecule has 2 heterocycles. The van der Waals surface area contributed by atoms with Gasteiger partial charge in [-0.25, -0.2) is 8.42 Å². The van der Waals surface area contributed by atoms with Crippen molar-refractivity contribution in [1.82, 2.24) is 9.21 Å². The van der Waals surface area contributed by atoms with Crippen LogP contribution in [0, 0.1) is 11.3 Å². The van der Waals surface area contributed by atoms with Gasteiger partial charge in [0, 0.05) is 24.6 Å². The summed E-state index contributed by atoms with van der Waals surface area (Å²) in [5, 5.41) is 8.15. The van der Waals surface area contributed by atoms with Crippen molar-refractivity contribution < 1.29 is 27.2 Å². The third-order valence-electron chi connectivity index (χ3n) is 4.50. The van der Waals surface area contributed by atoms with E-state index in [-0.39, 0.29) is 42.5 Å². The van der Waals surface area contributed by atoms with Crippen molar-refractivity contribution in [2.75, 3.05) is 19.3 Å². The van der Waals surface area contributed by atoms with E-state index in [4.69, 9.17) is 9.68 Å². The number of furan rings is 1. The zero-order chi connectivity index (χ0) is 23.3. The summed E-state index contributed by atoms with van der Waals surface area (Å²) in [6.45, 7) is -0.404. The molecule has 0 bridgehead atoms. The van der Waals surface area contributed by atoms with E-state index in [1.54, 1.807) is 42.5 Å². The number of imide groups is 1. The van der Waals surface area contributed by atoms with Crippen molar-refractivity contribution in [2.24, 2.45) is 0 Å². The summed E-state index contributed by atoms with van der Waals surface area (Å²) >= 11 is 0.696. The number of rotatable bonds is 9. The molecule has 9 nitrogen and oxygen atoms in total. The standard InChI is InChI=1S/C21H19N3O6S2/c1-32(28,29)23(11-5-10-22)13-17-9-8-16(30-17)12-19-20(26)24(21(27)31-19)14-18(25)15-6-3-2-4-7-15/h2-4,6-9,12H,5,11,13-14H2,1H3/b19-12-. The number of thioether (sulfide) groups is 1. The molecular formula is C21H19N3O6S2. The van der Waals surface area contributed by atoms with Crippen LogP contribution in [0.1, 0.15) is 28.3 Å². The average Bonchev–Trinajstić information content (AvgIpc) is 3.30. The summed E-state index contributed by atoms with van der Waals surface area (Å²) in [6, 6.07) is 13.4. The van der Waals surface area contributed by atoms with Gasteiger partial charge in [-0.2, -0.15) is 9.57 Å². The molecular weight excluding hydrogens is 454 g/mol. The normalized spacial score (nSPS) is 15.5. The van der Waals surface area contributed by atoms with E-state index in [2.05, 4.69) is 0 Å². The molecule has 11 heteroatoms. The Morgan fingerprint density at radius 2 is 1.94 bits per heavy atom. The number of amides is 2. The van der Waals surface area contributed by atoms with Gasteiger partial charge in [0.2, 0.25) is 10.0 Å². The predicted molar refractivity (Wildman–Crippen MR) is 118 cm³/mol. The molecule has 1 aliphatic heterocycles. The SMILES string of the molecule is CS(=O)(=O)N(CCC#N)Cc1ccc(/C=C2\SC(=O)N(CC(=O)c3ccccc3)C2=O)o1. The van der Waals surface area contributed by atoms with Gasteiger partial charge in [0.05, 0.1) is 30.3 Å². The molecule has 32 heavy (non-hydrogen) atoms. The van der Waals surface area contributed by atoms with Crippen LogP contribution in [-0.2, 0) is 21.4 Å². The summed E-state index contributed by atoms with van der Waals surface area (Å²) in [4.78, 5) is 38.2. The lowest BCUT2D eigenvalue weighted by molar-refractivity contribution is -0.122. The van der Waals surface area contributed by atoms with Crippen molar-refractivity contribution in [3.63, 3.8) is 0 Å². The molecule has 0 atom stereocenters. The second-order valence-corrected chi connectivity index (χ2v) is 9.84. The molecule has 0 saturated carbocycles. The Bertz CT molecular complexity index is 1210. The second-order valence-electron chi connectivity index (χ2n) is 6.87. The van der Waals surface area contributed by atoms with Gasteiger partial charge in [0.15, 0.2) is 5.78 Å². The molecule has 166 valence electrons. The first-order chi connectivity index (χ1) is 15.2. The Labute approximate surface area is 189 Å². The van der Waals surface area contributed by atoms with Gasteiger partial charge in [-0.3, -0.25) is 19.3 Å². The lowest BCUT2D eigenvalue weighted by Crippen LogP contribution is -2.33. The van der Waals surface area contributed by atoms with Crippen LogP contribution in [0.3, 0.4) is 0 Å². The van der Waals surface area contributed by atoms with Crippen molar-refractivity contribution in [3.8, 4) is 6.07 Å². The third-order valence-corrected chi connectivity index (χ3v) is 6.66. The zero-order valence-electron chi connectivity index (χ0n) is 17.1. The van der Waals surface area contributed by atoms with Crippen LogP contribution in [0.2, 0.25) is 0 Å². The zero-order valence-corrected chi connectivity index (χ0v) is 18.7. The molecule has 0 spiro atoms. The number of carbonyl (C=O) groups is 3. The molecule has 2 aromatic rings. The Balaban J connectivity index is 1.71. The largest absolute Gasteiger partial charge is 0.460 e. The van der Waals surface area contributed by atoms with Crippen LogP contribution in [-0.4, -0.2) is 53.9 Å². The van der Waals surface area contributed by atoms with E-state index in [1.165, 1.54) is 6.08 Å². The highest BCUT2D eigenvalue weighted by Gasteiger charge is 2.36. The summed E-state index contributed by atoms with van der Waals surface area (Å²) in [6.07, 6.45) is 2.46. The number of nitriles is 1. The minimum absolute atomic E-state index is 0.0275. The number of sulfonamides is 1. The van der Waals surface area contributed by atoms with Gasteiger partial charge in [-0.05, 0) is 23.9 Å². The second kappa shape index (κ2) is 9.95. The minimum atomic E-state index is -3.54. The van der Waals surface area contributed by atoms with E-state index in [1.807, 2.05) is 6.07 Å². The maximum atomic E-state index is 12.6. The molecule has 1 aliphatic rings. The van der Waals surface area contributed by atoms with Crippen LogP contribution in [0.15, 0.2) is 51.8 Å². The molecule has 0 radical (unpaired) electrons. The molecule has 1 saturated heterocycles. The molecule has 0 unspecified atom stereocenters. The highest BCUT2D eigenvalue weighted by atomic mass is 32.2. The van der Waals surface area contributed by atoms with E-state index in [9.17, 15) is 22.8 Å². The molecule has 3 rings (SSSR count). The van der Waals surface area contributed by atoms with Crippen molar-refractivity contribution in [1.29, 1.82) is 5.26 Å². The topological polar surface area (TPSA) is 129 Å². The quantitative estimate of drug-likeness (QED) is 0.402.